The van der Waals surface area contributed by atoms with Crippen LogP contribution in [0.2, 0.25) is 0 Å². The molecule has 0 amide bonds. The molecular weight excluding hydrogens is 342 g/mol. The number of allylic oxidation sites excluding steroid dienone is 1. The summed E-state index contributed by atoms with van der Waals surface area (Å²) in [4.78, 5) is 17.5. The Morgan fingerprint density at radius 3 is 2.81 bits per heavy atom. The van der Waals surface area contributed by atoms with Crippen molar-refractivity contribution < 1.29 is 14.6 Å². The molecule has 27 heavy (non-hydrogen) atoms. The highest BCUT2D eigenvalue weighted by atomic mass is 16.5. The molecule has 0 radical (unpaired) electrons. The van der Waals surface area contributed by atoms with E-state index in [4.69, 9.17) is 4.74 Å². The van der Waals surface area contributed by atoms with Gasteiger partial charge in [0.1, 0.15) is 5.82 Å². The maximum Gasteiger partial charge on any atom is 0.163 e. The fourth-order valence-electron chi connectivity index (χ4n) is 3.94. The average Bonchev–Trinajstić information content (AvgIpc) is 2.77. The Bertz CT molecular complexity index is 949. The van der Waals surface area contributed by atoms with E-state index in [1.54, 1.807) is 18.3 Å². The zero-order chi connectivity index (χ0) is 19.2. The van der Waals surface area contributed by atoms with Gasteiger partial charge in [-0.3, -0.25) is 4.79 Å². The van der Waals surface area contributed by atoms with Gasteiger partial charge in [0, 0.05) is 29.5 Å². The molecule has 0 saturated carbocycles. The van der Waals surface area contributed by atoms with Crippen LogP contribution in [0, 0.1) is 5.41 Å². The second kappa shape index (κ2) is 6.30. The molecule has 0 fully saturated rings. The molecular formula is C21H23N3O3. The predicted molar refractivity (Wildman–Crippen MR) is 104 cm³/mol. The van der Waals surface area contributed by atoms with Crippen molar-refractivity contribution in [2.24, 2.45) is 5.41 Å². The smallest absolute Gasteiger partial charge is 0.163 e. The second-order valence-electron chi connectivity index (χ2n) is 7.83. The third-order valence-corrected chi connectivity index (χ3v) is 5.14. The number of hydrogen-bond acceptors (Lipinski definition) is 6. The molecule has 1 unspecified atom stereocenters. The topological polar surface area (TPSA) is 83.5 Å². The van der Waals surface area contributed by atoms with Gasteiger partial charge in [-0.15, -0.1) is 0 Å². The van der Waals surface area contributed by atoms with Crippen LogP contribution in [-0.2, 0) is 4.79 Å². The first-order chi connectivity index (χ1) is 12.9. The number of phenols is 1. The molecule has 1 aromatic heterocycles. The summed E-state index contributed by atoms with van der Waals surface area (Å²) in [6, 6.07) is 8.59. The molecule has 0 saturated heterocycles. The molecule has 6 nitrogen and oxygen atoms in total. The van der Waals surface area contributed by atoms with Crippen LogP contribution in [0.5, 0.6) is 11.5 Å². The first-order valence-electron chi connectivity index (χ1n) is 9.00. The number of hydrogen-bond donors (Lipinski definition) is 3. The zero-order valence-electron chi connectivity index (χ0n) is 15.7. The maximum atomic E-state index is 13.1. The minimum atomic E-state index is -0.512. The number of pyridine rings is 1. The second-order valence-corrected chi connectivity index (χ2v) is 7.83. The van der Waals surface area contributed by atoms with Crippen LogP contribution in [0.4, 0.5) is 11.5 Å². The van der Waals surface area contributed by atoms with Gasteiger partial charge < -0.3 is 20.5 Å². The monoisotopic (exact) mass is 365 g/mol. The summed E-state index contributed by atoms with van der Waals surface area (Å²) >= 11 is 0. The zero-order valence-corrected chi connectivity index (χ0v) is 15.7. The van der Waals surface area contributed by atoms with Crippen LogP contribution in [0.3, 0.4) is 0 Å². The molecule has 1 aromatic carbocycles. The van der Waals surface area contributed by atoms with E-state index in [0.717, 1.165) is 17.8 Å². The standard InChI is InChI=1S/C21H23N3O3/c1-21(2)10-14-17(15(25)11-21)18(12-6-4-8-16(27-3)19(12)26)24-20-13(23-14)7-5-9-22-20/h4-9,18,23,26H,10-11H2,1-3H3,(H,22,24). The van der Waals surface area contributed by atoms with Gasteiger partial charge in [0.15, 0.2) is 17.3 Å². The first-order valence-corrected chi connectivity index (χ1v) is 9.00. The molecule has 0 spiro atoms. The molecule has 1 aliphatic carbocycles. The van der Waals surface area contributed by atoms with Crippen LogP contribution >= 0.6 is 0 Å². The van der Waals surface area contributed by atoms with Gasteiger partial charge in [-0.25, -0.2) is 4.98 Å². The number of rotatable bonds is 2. The van der Waals surface area contributed by atoms with Crippen molar-refractivity contribution in [1.29, 1.82) is 0 Å². The lowest BCUT2D eigenvalue weighted by molar-refractivity contribution is -0.118. The van der Waals surface area contributed by atoms with Crippen molar-refractivity contribution in [2.45, 2.75) is 32.7 Å². The van der Waals surface area contributed by atoms with Gasteiger partial charge in [0.2, 0.25) is 0 Å². The molecule has 140 valence electrons. The van der Waals surface area contributed by atoms with E-state index in [1.165, 1.54) is 7.11 Å². The lowest BCUT2D eigenvalue weighted by atomic mass is 9.73. The van der Waals surface area contributed by atoms with Crippen LogP contribution in [0.25, 0.3) is 0 Å². The summed E-state index contributed by atoms with van der Waals surface area (Å²) in [6.07, 6.45) is 2.90. The number of anilines is 2. The highest BCUT2D eigenvalue weighted by molar-refractivity contribution is 6.01. The number of methoxy groups -OCH3 is 1. The largest absolute Gasteiger partial charge is 0.504 e. The summed E-state index contributed by atoms with van der Waals surface area (Å²) < 4.78 is 5.26. The molecule has 0 bridgehead atoms. The van der Waals surface area contributed by atoms with Gasteiger partial charge in [-0.2, -0.15) is 0 Å². The van der Waals surface area contributed by atoms with E-state index in [9.17, 15) is 9.90 Å². The Morgan fingerprint density at radius 1 is 1.22 bits per heavy atom. The number of ketones is 1. The highest BCUT2D eigenvalue weighted by Crippen LogP contribution is 2.47. The molecule has 3 N–H and O–H groups in total. The minimum absolute atomic E-state index is 0.0290. The van der Waals surface area contributed by atoms with E-state index in [1.807, 2.05) is 18.2 Å². The van der Waals surface area contributed by atoms with Crippen molar-refractivity contribution in [3.8, 4) is 11.5 Å². The molecule has 2 aromatic rings. The third kappa shape index (κ3) is 3.01. The number of carbonyl (C=O) groups excluding carboxylic acids is 1. The Kier molecular flexibility index (Phi) is 4.06. The summed E-state index contributed by atoms with van der Waals surface area (Å²) in [5, 5.41) is 17.5. The lowest BCUT2D eigenvalue weighted by Crippen LogP contribution is -2.31. The average molecular weight is 365 g/mol. The fourth-order valence-corrected chi connectivity index (χ4v) is 3.94. The third-order valence-electron chi connectivity index (χ3n) is 5.14. The van der Waals surface area contributed by atoms with Crippen molar-refractivity contribution in [3.63, 3.8) is 0 Å². The van der Waals surface area contributed by atoms with Gasteiger partial charge in [-0.05, 0) is 30.0 Å². The van der Waals surface area contributed by atoms with Gasteiger partial charge in [0.25, 0.3) is 0 Å². The number of aromatic nitrogens is 1. The highest BCUT2D eigenvalue weighted by Gasteiger charge is 2.39. The van der Waals surface area contributed by atoms with Crippen LogP contribution in [0.15, 0.2) is 47.8 Å². The summed E-state index contributed by atoms with van der Waals surface area (Å²) in [7, 11) is 1.51. The van der Waals surface area contributed by atoms with Crippen molar-refractivity contribution >= 4 is 17.3 Å². The first kappa shape index (κ1) is 17.4. The number of para-hydroxylation sites is 1. The van der Waals surface area contributed by atoms with Crippen molar-refractivity contribution in [2.75, 3.05) is 17.7 Å². The fraction of sp³-hybridized carbons (Fsp3) is 0.333. The molecule has 1 aliphatic heterocycles. The maximum absolute atomic E-state index is 13.1. The quantitative estimate of drug-likeness (QED) is 0.746. The van der Waals surface area contributed by atoms with Gasteiger partial charge in [0.05, 0.1) is 18.8 Å². The van der Waals surface area contributed by atoms with E-state index < -0.39 is 6.04 Å². The van der Waals surface area contributed by atoms with Gasteiger partial charge in [-0.1, -0.05) is 26.0 Å². The van der Waals surface area contributed by atoms with Crippen molar-refractivity contribution in [3.05, 3.63) is 53.4 Å². The number of phenolic OH excluding ortho intramolecular Hbond substituents is 1. The minimum Gasteiger partial charge on any atom is -0.504 e. The van der Waals surface area contributed by atoms with Crippen molar-refractivity contribution in [1.82, 2.24) is 4.98 Å². The number of aromatic hydroxyl groups is 1. The van der Waals surface area contributed by atoms with Crippen LogP contribution < -0.4 is 15.4 Å². The number of carbonyl (C=O) groups is 1. The molecule has 6 heteroatoms. The normalized spacial score (nSPS) is 20.7. The van der Waals surface area contributed by atoms with Crippen LogP contribution in [-0.4, -0.2) is 23.0 Å². The summed E-state index contributed by atoms with van der Waals surface area (Å²) in [5.74, 6) is 1.12. The number of nitrogens with zero attached hydrogens (tertiary/aromatic N) is 1. The number of Topliss-reactive ketones (excluding diaryl/α,β-unsaturated/α-hetero) is 1. The van der Waals surface area contributed by atoms with E-state index >= 15 is 0 Å². The Balaban J connectivity index is 1.92. The number of fused-ring (bicyclic) bond motifs is 1. The number of ether oxygens (including phenoxy) is 1. The predicted octanol–water partition coefficient (Wildman–Crippen LogP) is 4.02. The Hall–Kier alpha value is -3.02. The summed E-state index contributed by atoms with van der Waals surface area (Å²) in [5.41, 5.74) is 2.81. The number of benzene rings is 1. The van der Waals surface area contributed by atoms with E-state index in [-0.39, 0.29) is 16.9 Å². The lowest BCUT2D eigenvalue weighted by Gasteiger charge is -2.34. The Morgan fingerprint density at radius 2 is 2.04 bits per heavy atom. The van der Waals surface area contributed by atoms with E-state index in [2.05, 4.69) is 29.5 Å². The van der Waals surface area contributed by atoms with E-state index in [0.29, 0.717) is 29.1 Å². The molecule has 1 atom stereocenters. The SMILES string of the molecule is COc1cccc(C2Nc3ncccc3NC3=C2C(=O)CC(C)(C)C3)c1O. The number of nitrogens with one attached hydrogen (secondary N) is 2. The molecule has 2 heterocycles. The Labute approximate surface area is 158 Å². The van der Waals surface area contributed by atoms with Gasteiger partial charge >= 0.3 is 0 Å². The summed E-state index contributed by atoms with van der Waals surface area (Å²) in [6.45, 7) is 4.19. The molecule has 4 rings (SSSR count). The van der Waals surface area contributed by atoms with Crippen LogP contribution in [0.1, 0.15) is 38.3 Å². The molecule has 2 aliphatic rings.